The number of carbonyl (C=O) groups is 1. The summed E-state index contributed by atoms with van der Waals surface area (Å²) in [5, 5.41) is 0. The Balaban J connectivity index is 1.43. The molecule has 182 valence electrons. The molecule has 1 fully saturated rings. The standard InChI is InChI=1S/C26H24F2N2O4S/c27-21-13-22(28)15-24(14-21)35(32,33)29-10-11-34-25-9-6-18(12-20(25)17-29)16-30(26(31)19-7-8-19)23-4-2-1-3-5-23/h1-6,9,12-15,19H,7-8,10-11,16-17H2. The van der Waals surface area contributed by atoms with Crippen LogP contribution < -0.4 is 9.64 Å². The molecule has 0 radical (unpaired) electrons. The molecule has 0 unspecified atom stereocenters. The molecule has 1 heterocycles. The van der Waals surface area contributed by atoms with Gasteiger partial charge >= 0.3 is 0 Å². The predicted octanol–water partition coefficient (Wildman–Crippen LogP) is 4.49. The summed E-state index contributed by atoms with van der Waals surface area (Å²) >= 11 is 0. The van der Waals surface area contributed by atoms with E-state index in [-0.39, 0.29) is 31.5 Å². The van der Waals surface area contributed by atoms with Gasteiger partial charge in [0.1, 0.15) is 24.0 Å². The molecule has 1 aliphatic carbocycles. The number of ether oxygens (including phenoxy) is 1. The smallest absolute Gasteiger partial charge is 0.243 e. The average molecular weight is 499 g/mol. The van der Waals surface area contributed by atoms with E-state index in [2.05, 4.69) is 0 Å². The normalized spacial score (nSPS) is 16.2. The van der Waals surface area contributed by atoms with E-state index in [0.717, 1.165) is 40.5 Å². The van der Waals surface area contributed by atoms with Crippen molar-refractivity contribution in [3.05, 3.63) is 89.5 Å². The van der Waals surface area contributed by atoms with Crippen molar-refractivity contribution in [2.24, 2.45) is 5.92 Å². The van der Waals surface area contributed by atoms with E-state index >= 15 is 0 Å². The topological polar surface area (TPSA) is 66.9 Å². The van der Waals surface area contributed by atoms with Gasteiger partial charge in [0.15, 0.2) is 0 Å². The van der Waals surface area contributed by atoms with E-state index in [9.17, 15) is 22.0 Å². The van der Waals surface area contributed by atoms with Crippen LogP contribution in [0, 0.1) is 17.6 Å². The van der Waals surface area contributed by atoms with E-state index in [1.807, 2.05) is 42.5 Å². The first kappa shape index (κ1) is 23.4. The third-order valence-electron chi connectivity index (χ3n) is 6.14. The molecule has 0 saturated heterocycles. The first-order valence-corrected chi connectivity index (χ1v) is 12.8. The van der Waals surface area contributed by atoms with Crippen LogP contribution in [0.2, 0.25) is 0 Å². The summed E-state index contributed by atoms with van der Waals surface area (Å²) in [5.74, 6) is -1.28. The fourth-order valence-corrected chi connectivity index (χ4v) is 5.64. The number of amides is 1. The maximum atomic E-state index is 13.7. The van der Waals surface area contributed by atoms with Gasteiger partial charge in [-0.1, -0.05) is 24.3 Å². The highest BCUT2D eigenvalue weighted by Crippen LogP contribution is 2.34. The quantitative estimate of drug-likeness (QED) is 0.502. The summed E-state index contributed by atoms with van der Waals surface area (Å²) in [6, 6.07) is 17.1. The fraction of sp³-hybridized carbons (Fsp3) is 0.269. The van der Waals surface area contributed by atoms with Crippen molar-refractivity contribution in [1.82, 2.24) is 4.31 Å². The van der Waals surface area contributed by atoms with Gasteiger partial charge in [-0.15, -0.1) is 0 Å². The minimum atomic E-state index is -4.16. The van der Waals surface area contributed by atoms with E-state index in [4.69, 9.17) is 4.74 Å². The summed E-state index contributed by atoms with van der Waals surface area (Å²) in [6.45, 7) is 0.431. The zero-order chi connectivity index (χ0) is 24.6. The number of fused-ring (bicyclic) bond motifs is 1. The number of rotatable bonds is 6. The van der Waals surface area contributed by atoms with Crippen molar-refractivity contribution in [3.63, 3.8) is 0 Å². The van der Waals surface area contributed by atoms with Crippen LogP contribution in [0.4, 0.5) is 14.5 Å². The minimum Gasteiger partial charge on any atom is -0.492 e. The van der Waals surface area contributed by atoms with E-state index < -0.39 is 26.6 Å². The number of hydrogen-bond acceptors (Lipinski definition) is 4. The zero-order valence-electron chi connectivity index (χ0n) is 18.9. The highest BCUT2D eigenvalue weighted by Gasteiger charge is 2.34. The summed E-state index contributed by atoms with van der Waals surface area (Å²) in [7, 11) is -4.16. The van der Waals surface area contributed by atoms with Crippen molar-refractivity contribution in [3.8, 4) is 5.75 Å². The summed E-state index contributed by atoms with van der Waals surface area (Å²) in [5.41, 5.74) is 2.24. The molecule has 0 aromatic heterocycles. The predicted molar refractivity (Wildman–Crippen MR) is 126 cm³/mol. The van der Waals surface area contributed by atoms with Gasteiger partial charge in [0.2, 0.25) is 15.9 Å². The van der Waals surface area contributed by atoms with Crippen LogP contribution in [0.15, 0.2) is 71.6 Å². The van der Waals surface area contributed by atoms with Gasteiger partial charge in [-0.05, 0) is 54.8 Å². The lowest BCUT2D eigenvalue weighted by molar-refractivity contribution is -0.119. The fourth-order valence-electron chi connectivity index (χ4n) is 4.19. The van der Waals surface area contributed by atoms with Crippen molar-refractivity contribution in [2.75, 3.05) is 18.1 Å². The number of carbonyl (C=O) groups excluding carboxylic acids is 1. The Bertz CT molecular complexity index is 1340. The molecule has 1 aliphatic heterocycles. The number of nitrogens with zero attached hydrogens (tertiary/aromatic N) is 2. The van der Waals surface area contributed by atoms with Crippen LogP contribution >= 0.6 is 0 Å². The second kappa shape index (κ2) is 9.39. The number of para-hydroxylation sites is 1. The van der Waals surface area contributed by atoms with Crippen LogP contribution in [0.25, 0.3) is 0 Å². The Hall–Kier alpha value is -3.30. The SMILES string of the molecule is O=C(C1CC1)N(Cc1ccc2c(c1)CN(S(=O)(=O)c1cc(F)cc(F)c1)CCO2)c1ccccc1. The second-order valence-electron chi connectivity index (χ2n) is 8.77. The maximum absolute atomic E-state index is 13.7. The van der Waals surface area contributed by atoms with Gasteiger partial charge in [-0.3, -0.25) is 4.79 Å². The van der Waals surface area contributed by atoms with Gasteiger partial charge in [-0.25, -0.2) is 17.2 Å². The van der Waals surface area contributed by atoms with Gasteiger partial charge < -0.3 is 9.64 Å². The molecule has 9 heteroatoms. The molecular weight excluding hydrogens is 474 g/mol. The highest BCUT2D eigenvalue weighted by atomic mass is 32.2. The minimum absolute atomic E-state index is 0.0223. The Morgan fingerprint density at radius 1 is 1.00 bits per heavy atom. The van der Waals surface area contributed by atoms with E-state index in [0.29, 0.717) is 23.9 Å². The maximum Gasteiger partial charge on any atom is 0.243 e. The molecule has 5 rings (SSSR count). The lowest BCUT2D eigenvalue weighted by Gasteiger charge is -2.24. The van der Waals surface area contributed by atoms with Crippen LogP contribution in [-0.4, -0.2) is 31.8 Å². The molecule has 2 aliphatic rings. The third-order valence-corrected chi connectivity index (χ3v) is 7.97. The van der Waals surface area contributed by atoms with Crippen molar-refractivity contribution >= 4 is 21.6 Å². The monoisotopic (exact) mass is 498 g/mol. The van der Waals surface area contributed by atoms with Crippen LogP contribution in [0.5, 0.6) is 5.75 Å². The highest BCUT2D eigenvalue weighted by molar-refractivity contribution is 7.89. The summed E-state index contributed by atoms with van der Waals surface area (Å²) in [4.78, 5) is 14.3. The molecule has 1 saturated carbocycles. The number of benzene rings is 3. The number of anilines is 1. The molecule has 35 heavy (non-hydrogen) atoms. The van der Waals surface area contributed by atoms with Gasteiger partial charge in [0, 0.05) is 36.3 Å². The van der Waals surface area contributed by atoms with Gasteiger partial charge in [0.05, 0.1) is 11.4 Å². The van der Waals surface area contributed by atoms with Crippen molar-refractivity contribution in [1.29, 1.82) is 0 Å². The Labute approximate surface area is 202 Å². The van der Waals surface area contributed by atoms with Crippen LogP contribution in [0.1, 0.15) is 24.0 Å². The number of hydrogen-bond donors (Lipinski definition) is 0. The lowest BCUT2D eigenvalue weighted by Crippen LogP contribution is -2.33. The van der Waals surface area contributed by atoms with Crippen LogP contribution in [0.3, 0.4) is 0 Å². The third kappa shape index (κ3) is 5.06. The van der Waals surface area contributed by atoms with Crippen LogP contribution in [-0.2, 0) is 27.9 Å². The van der Waals surface area contributed by atoms with Gasteiger partial charge in [0.25, 0.3) is 0 Å². The Morgan fingerprint density at radius 2 is 1.71 bits per heavy atom. The lowest BCUT2D eigenvalue weighted by atomic mass is 10.1. The van der Waals surface area contributed by atoms with E-state index in [1.54, 1.807) is 11.0 Å². The first-order valence-electron chi connectivity index (χ1n) is 11.4. The molecule has 0 bridgehead atoms. The summed E-state index contributed by atoms with van der Waals surface area (Å²) < 4.78 is 60.6. The zero-order valence-corrected chi connectivity index (χ0v) is 19.7. The molecule has 6 nitrogen and oxygen atoms in total. The molecule has 1 amide bonds. The Kier molecular flexibility index (Phi) is 6.29. The van der Waals surface area contributed by atoms with Crippen molar-refractivity contribution in [2.45, 2.75) is 30.8 Å². The molecule has 0 atom stereocenters. The average Bonchev–Trinajstić information content (AvgIpc) is 3.69. The van der Waals surface area contributed by atoms with Gasteiger partial charge in [-0.2, -0.15) is 4.31 Å². The summed E-state index contributed by atoms with van der Waals surface area (Å²) in [6.07, 6.45) is 1.77. The molecule has 3 aromatic carbocycles. The molecular formula is C26H24F2N2O4S. The van der Waals surface area contributed by atoms with E-state index in [1.165, 1.54) is 0 Å². The van der Waals surface area contributed by atoms with Crippen molar-refractivity contribution < 1.29 is 26.7 Å². The molecule has 0 N–H and O–H groups in total. The number of sulfonamides is 1. The molecule has 0 spiro atoms. The number of halogens is 2. The second-order valence-corrected chi connectivity index (χ2v) is 10.7. The first-order chi connectivity index (χ1) is 16.8. The molecule has 3 aromatic rings. The largest absolute Gasteiger partial charge is 0.492 e. The Morgan fingerprint density at radius 3 is 2.40 bits per heavy atom.